The van der Waals surface area contributed by atoms with Crippen LogP contribution < -0.4 is 15.8 Å². The van der Waals surface area contributed by atoms with Crippen molar-refractivity contribution in [2.45, 2.75) is 102 Å². The third kappa shape index (κ3) is 9.98. The Morgan fingerprint density at radius 2 is 1.66 bits per heavy atom. The van der Waals surface area contributed by atoms with E-state index in [1.54, 1.807) is 18.9 Å². The molecule has 0 spiro atoms. The second-order valence-corrected chi connectivity index (χ2v) is 8.79. The number of anilines is 1. The van der Waals surface area contributed by atoms with Gasteiger partial charge in [-0.15, -0.1) is 11.8 Å². The zero-order chi connectivity index (χ0) is 21.5. The van der Waals surface area contributed by atoms with Gasteiger partial charge in [-0.3, -0.25) is 0 Å². The average Bonchev–Trinajstić information content (AvgIpc) is 2.71. The van der Waals surface area contributed by atoms with Gasteiger partial charge in [-0.25, -0.2) is 4.98 Å². The van der Waals surface area contributed by atoms with Gasteiger partial charge in [0, 0.05) is 0 Å². The SMILES string of the molecule is CCCCCCCCCC(=S)NC(CCCCC)c1c(OC)nc(N)nc1SC. The van der Waals surface area contributed by atoms with Crippen molar-refractivity contribution in [1.82, 2.24) is 15.3 Å². The van der Waals surface area contributed by atoms with Crippen LogP contribution in [0.2, 0.25) is 0 Å². The van der Waals surface area contributed by atoms with Gasteiger partial charge >= 0.3 is 0 Å². The molecule has 0 aliphatic heterocycles. The Morgan fingerprint density at radius 1 is 1.03 bits per heavy atom. The number of thiocarbonyl (C=S) groups is 1. The summed E-state index contributed by atoms with van der Waals surface area (Å²) in [4.78, 5) is 9.67. The summed E-state index contributed by atoms with van der Waals surface area (Å²) in [5.41, 5.74) is 6.84. The summed E-state index contributed by atoms with van der Waals surface area (Å²) in [5.74, 6) is 0.794. The number of nitrogens with zero attached hydrogens (tertiary/aromatic N) is 2. The van der Waals surface area contributed by atoms with E-state index < -0.39 is 0 Å². The van der Waals surface area contributed by atoms with Crippen LogP contribution in [0.25, 0.3) is 0 Å². The zero-order valence-electron chi connectivity index (χ0n) is 18.8. The maximum Gasteiger partial charge on any atom is 0.224 e. The Bertz CT molecular complexity index is 573. The van der Waals surface area contributed by atoms with Crippen molar-refractivity contribution in [3.05, 3.63) is 5.56 Å². The lowest BCUT2D eigenvalue weighted by molar-refractivity contribution is 0.378. The first kappa shape index (κ1) is 26.0. The number of methoxy groups -OCH3 is 1. The van der Waals surface area contributed by atoms with E-state index in [0.29, 0.717) is 5.88 Å². The fourth-order valence-electron chi connectivity index (χ4n) is 3.45. The van der Waals surface area contributed by atoms with Crippen LogP contribution in [0.3, 0.4) is 0 Å². The molecule has 0 aliphatic carbocycles. The van der Waals surface area contributed by atoms with Crippen molar-refractivity contribution in [2.75, 3.05) is 19.1 Å². The third-order valence-corrected chi connectivity index (χ3v) is 6.09. The Morgan fingerprint density at radius 3 is 2.28 bits per heavy atom. The van der Waals surface area contributed by atoms with Crippen molar-refractivity contribution >= 4 is 34.9 Å². The number of unbranched alkanes of at least 4 members (excludes halogenated alkanes) is 8. The number of hydrogen-bond donors (Lipinski definition) is 2. The van der Waals surface area contributed by atoms with Gasteiger partial charge < -0.3 is 15.8 Å². The molecule has 5 nitrogen and oxygen atoms in total. The van der Waals surface area contributed by atoms with Gasteiger partial charge in [-0.2, -0.15) is 4.98 Å². The summed E-state index contributed by atoms with van der Waals surface area (Å²) in [6, 6.07) is 0.0524. The number of thioether (sulfide) groups is 1. The lowest BCUT2D eigenvalue weighted by Crippen LogP contribution is -2.28. The van der Waals surface area contributed by atoms with Crippen molar-refractivity contribution in [1.29, 1.82) is 0 Å². The van der Waals surface area contributed by atoms with E-state index in [1.165, 1.54) is 51.4 Å². The topological polar surface area (TPSA) is 73.1 Å². The van der Waals surface area contributed by atoms with Crippen LogP contribution in [-0.2, 0) is 0 Å². The molecule has 0 radical (unpaired) electrons. The molecule has 0 saturated carbocycles. The van der Waals surface area contributed by atoms with Crippen molar-refractivity contribution in [2.24, 2.45) is 0 Å². The summed E-state index contributed by atoms with van der Waals surface area (Å²) in [7, 11) is 1.63. The Hall–Kier alpha value is -1.08. The van der Waals surface area contributed by atoms with Gasteiger partial charge in [0.05, 0.1) is 23.7 Å². The molecular formula is C22H40N4OS2. The molecule has 7 heteroatoms. The second-order valence-electron chi connectivity index (χ2n) is 7.50. The predicted molar refractivity (Wildman–Crippen MR) is 130 cm³/mol. The number of nitrogens with one attached hydrogen (secondary N) is 1. The number of hydrogen-bond acceptors (Lipinski definition) is 6. The maximum absolute atomic E-state index is 5.87. The molecule has 0 bridgehead atoms. The van der Waals surface area contributed by atoms with Crippen molar-refractivity contribution < 1.29 is 4.74 Å². The van der Waals surface area contributed by atoms with Gasteiger partial charge in [0.15, 0.2) is 0 Å². The molecule has 1 atom stereocenters. The van der Waals surface area contributed by atoms with Gasteiger partial charge in [0.25, 0.3) is 0 Å². The van der Waals surface area contributed by atoms with Crippen molar-refractivity contribution in [3.8, 4) is 5.88 Å². The van der Waals surface area contributed by atoms with E-state index in [-0.39, 0.29) is 12.0 Å². The molecule has 1 unspecified atom stereocenters. The van der Waals surface area contributed by atoms with E-state index in [2.05, 4.69) is 29.1 Å². The second kappa shape index (κ2) is 15.7. The minimum atomic E-state index is 0.0524. The first-order valence-corrected chi connectivity index (χ1v) is 12.7. The van der Waals surface area contributed by atoms with E-state index in [9.17, 15) is 0 Å². The zero-order valence-corrected chi connectivity index (χ0v) is 20.4. The number of nitrogens with two attached hydrogens (primary N) is 1. The lowest BCUT2D eigenvalue weighted by atomic mass is 10.0. The molecule has 0 amide bonds. The third-order valence-electron chi connectivity index (χ3n) is 5.07. The first-order valence-electron chi connectivity index (χ1n) is 11.1. The summed E-state index contributed by atoms with van der Waals surface area (Å²) >= 11 is 7.26. The lowest BCUT2D eigenvalue weighted by Gasteiger charge is -2.24. The van der Waals surface area contributed by atoms with Crippen LogP contribution in [0.15, 0.2) is 5.03 Å². The molecule has 1 heterocycles. The van der Waals surface area contributed by atoms with Gasteiger partial charge in [0.1, 0.15) is 5.03 Å². The van der Waals surface area contributed by atoms with Crippen LogP contribution in [0.5, 0.6) is 5.88 Å². The Balaban J connectivity index is 2.75. The summed E-state index contributed by atoms with van der Waals surface area (Å²) in [5, 5.41) is 4.45. The molecule has 166 valence electrons. The quantitative estimate of drug-likeness (QED) is 0.132. The smallest absolute Gasteiger partial charge is 0.224 e. The van der Waals surface area contributed by atoms with Crippen LogP contribution in [-0.4, -0.2) is 28.3 Å². The standard InChI is InChI=1S/C22H40N4OS2/c1-5-7-9-10-11-12-14-16-18(28)24-17(15-13-8-6-2)19-20(27-3)25-22(23)26-21(19)29-4/h17H,5-16H2,1-4H3,(H,24,28)(H2,23,25,26). The highest BCUT2D eigenvalue weighted by atomic mass is 32.2. The van der Waals surface area contributed by atoms with E-state index in [1.807, 2.05) is 6.26 Å². The van der Waals surface area contributed by atoms with E-state index in [4.69, 9.17) is 22.7 Å². The molecule has 3 N–H and O–H groups in total. The molecule has 1 aromatic rings. The first-order chi connectivity index (χ1) is 14.1. The summed E-state index contributed by atoms with van der Waals surface area (Å²) in [6.45, 7) is 4.47. The molecule has 29 heavy (non-hydrogen) atoms. The van der Waals surface area contributed by atoms with Gasteiger partial charge in [0.2, 0.25) is 11.8 Å². The van der Waals surface area contributed by atoms with Crippen molar-refractivity contribution in [3.63, 3.8) is 0 Å². The molecule has 0 aromatic carbocycles. The van der Waals surface area contributed by atoms with E-state index in [0.717, 1.165) is 41.3 Å². The molecule has 0 aliphatic rings. The number of ether oxygens (including phenoxy) is 1. The highest BCUT2D eigenvalue weighted by Crippen LogP contribution is 2.35. The average molecular weight is 441 g/mol. The summed E-state index contributed by atoms with van der Waals surface area (Å²) < 4.78 is 5.56. The van der Waals surface area contributed by atoms with E-state index >= 15 is 0 Å². The minimum Gasteiger partial charge on any atom is -0.481 e. The molecule has 0 fully saturated rings. The number of rotatable bonds is 16. The summed E-state index contributed by atoms with van der Waals surface area (Å²) in [6.07, 6.45) is 16.4. The largest absolute Gasteiger partial charge is 0.481 e. The molecular weight excluding hydrogens is 400 g/mol. The normalized spacial score (nSPS) is 12.0. The highest BCUT2D eigenvalue weighted by molar-refractivity contribution is 7.98. The predicted octanol–water partition coefficient (Wildman–Crippen LogP) is 6.47. The highest BCUT2D eigenvalue weighted by Gasteiger charge is 2.23. The fourth-order valence-corrected chi connectivity index (χ4v) is 4.37. The maximum atomic E-state index is 5.87. The molecule has 0 saturated heterocycles. The number of nitrogen functional groups attached to an aromatic ring is 1. The van der Waals surface area contributed by atoms with Crippen LogP contribution >= 0.6 is 24.0 Å². The number of aromatic nitrogens is 2. The van der Waals surface area contributed by atoms with Crippen LogP contribution in [0.1, 0.15) is 103 Å². The Labute approximate surface area is 187 Å². The monoisotopic (exact) mass is 440 g/mol. The van der Waals surface area contributed by atoms with Crippen LogP contribution in [0.4, 0.5) is 5.95 Å². The van der Waals surface area contributed by atoms with Crippen LogP contribution in [0, 0.1) is 0 Å². The molecule has 1 rings (SSSR count). The van der Waals surface area contributed by atoms with Gasteiger partial charge in [-0.1, -0.05) is 83.9 Å². The fraction of sp³-hybridized carbons (Fsp3) is 0.773. The minimum absolute atomic E-state index is 0.0524. The Kier molecular flexibility index (Phi) is 14.1. The van der Waals surface area contributed by atoms with Gasteiger partial charge in [-0.05, 0) is 25.5 Å². The molecule has 1 aromatic heterocycles.